The summed E-state index contributed by atoms with van der Waals surface area (Å²) in [7, 11) is 1.76. The summed E-state index contributed by atoms with van der Waals surface area (Å²) in [6.45, 7) is 8.62. The third-order valence-electron chi connectivity index (χ3n) is 7.72. The Bertz CT molecular complexity index is 1360. The third-order valence-corrected chi connectivity index (χ3v) is 8.07. The van der Waals surface area contributed by atoms with Gasteiger partial charge in [-0.3, -0.25) is 19.7 Å². The molecule has 1 aliphatic heterocycles. The van der Waals surface area contributed by atoms with Crippen molar-refractivity contribution in [3.63, 3.8) is 0 Å². The zero-order chi connectivity index (χ0) is 28.7. The van der Waals surface area contributed by atoms with Gasteiger partial charge in [-0.25, -0.2) is 4.99 Å². The van der Waals surface area contributed by atoms with Crippen molar-refractivity contribution in [1.82, 2.24) is 9.88 Å². The smallest absolute Gasteiger partial charge is 0.310 e. The molecular weight excluding hydrogens is 520 g/mol. The Balaban J connectivity index is 1.38. The first kappa shape index (κ1) is 29.6. The lowest BCUT2D eigenvalue weighted by atomic mass is 9.74. The van der Waals surface area contributed by atoms with E-state index in [4.69, 9.17) is 16.6 Å². The third kappa shape index (κ3) is 7.43. The molecule has 40 heavy (non-hydrogen) atoms. The number of likely N-dealkylation sites (tertiary alicyclic amines) is 1. The van der Waals surface area contributed by atoms with E-state index in [0.29, 0.717) is 31.0 Å². The molecule has 0 unspecified atom stereocenters. The van der Waals surface area contributed by atoms with Crippen LogP contribution in [-0.2, 0) is 24.2 Å². The van der Waals surface area contributed by atoms with Gasteiger partial charge in [0.15, 0.2) is 5.84 Å². The van der Waals surface area contributed by atoms with Crippen molar-refractivity contribution in [2.75, 3.05) is 20.1 Å². The average Bonchev–Trinajstić information content (AvgIpc) is 2.94. The second-order valence-electron chi connectivity index (χ2n) is 11.2. The number of benzene rings is 2. The summed E-state index contributed by atoms with van der Waals surface area (Å²) in [5.74, 6) is 0.494. The number of pyridine rings is 1. The van der Waals surface area contributed by atoms with E-state index in [2.05, 4.69) is 65.1 Å². The predicted molar refractivity (Wildman–Crippen MR) is 164 cm³/mol. The number of halogens is 1. The minimum absolute atomic E-state index is 0.471. The fourth-order valence-corrected chi connectivity index (χ4v) is 5.57. The first-order valence-electron chi connectivity index (χ1n) is 13.9. The Kier molecular flexibility index (Phi) is 9.88. The number of carbonyl (C=O) groups is 1. The molecule has 1 saturated heterocycles. The molecule has 0 atom stereocenters. The summed E-state index contributed by atoms with van der Waals surface area (Å²) in [6, 6.07) is 20.2. The molecule has 1 aliphatic rings. The predicted octanol–water partition coefficient (Wildman–Crippen LogP) is 6.73. The average molecular weight is 559 g/mol. The van der Waals surface area contributed by atoms with Gasteiger partial charge in [-0.2, -0.15) is 0 Å². The summed E-state index contributed by atoms with van der Waals surface area (Å²) in [6.07, 6.45) is 4.37. The molecule has 4 rings (SSSR count). The van der Waals surface area contributed by atoms with Gasteiger partial charge >= 0.3 is 5.97 Å². The molecule has 0 saturated carbocycles. The minimum atomic E-state index is -0.754. The number of rotatable bonds is 9. The zero-order valence-corrected chi connectivity index (χ0v) is 24.7. The first-order valence-corrected chi connectivity index (χ1v) is 14.3. The highest BCUT2D eigenvalue weighted by Crippen LogP contribution is 2.35. The lowest BCUT2D eigenvalue weighted by Gasteiger charge is -2.38. The molecule has 0 aliphatic carbocycles. The number of aromatic nitrogens is 1. The standard InChI is InChI=1S/C33H39ClN4O2/c1-23(2)19-28-13-12-27(20-30(28)34)24(3)37-31(35-4)26-10-8-25(9-11-26)22-38-17-14-33(15-18-38,32(39)40)21-29-7-5-6-16-36-29/h5-13,16,20,23H,14-15,17-19,21-22H2,1-4H3,(H,39,40). The molecule has 1 aromatic heterocycles. The first-order chi connectivity index (χ1) is 19.2. The Morgan fingerprint density at radius 3 is 2.35 bits per heavy atom. The number of aliphatic imine (C=N–C) groups is 2. The van der Waals surface area contributed by atoms with Crippen LogP contribution >= 0.6 is 11.6 Å². The Morgan fingerprint density at radius 2 is 1.77 bits per heavy atom. The summed E-state index contributed by atoms with van der Waals surface area (Å²) in [5.41, 5.74) is 5.22. The monoisotopic (exact) mass is 558 g/mol. The van der Waals surface area contributed by atoms with E-state index in [0.717, 1.165) is 59.2 Å². The van der Waals surface area contributed by atoms with Crippen LogP contribution in [0.1, 0.15) is 61.6 Å². The van der Waals surface area contributed by atoms with Gasteiger partial charge in [0.25, 0.3) is 0 Å². The van der Waals surface area contributed by atoms with Crippen molar-refractivity contribution in [2.24, 2.45) is 21.3 Å². The normalized spacial score (nSPS) is 16.4. The Hall–Kier alpha value is -3.35. The summed E-state index contributed by atoms with van der Waals surface area (Å²) >= 11 is 6.55. The summed E-state index contributed by atoms with van der Waals surface area (Å²) in [4.78, 5) is 28.2. The molecule has 0 amide bonds. The van der Waals surface area contributed by atoms with Gasteiger partial charge in [0.2, 0.25) is 0 Å². The van der Waals surface area contributed by atoms with E-state index in [1.165, 1.54) is 5.56 Å². The van der Waals surface area contributed by atoms with Crippen molar-refractivity contribution in [1.29, 1.82) is 0 Å². The molecule has 7 heteroatoms. The molecule has 0 bridgehead atoms. The van der Waals surface area contributed by atoms with Gasteiger partial charge in [0, 0.05) is 48.2 Å². The number of carboxylic acids is 1. The second kappa shape index (κ2) is 13.3. The van der Waals surface area contributed by atoms with Gasteiger partial charge < -0.3 is 5.11 Å². The lowest BCUT2D eigenvalue weighted by Crippen LogP contribution is -2.45. The number of piperidine rings is 1. The van der Waals surface area contributed by atoms with Crippen molar-refractivity contribution in [3.8, 4) is 0 Å². The highest BCUT2D eigenvalue weighted by molar-refractivity contribution is 6.31. The number of hydrogen-bond donors (Lipinski definition) is 1. The van der Waals surface area contributed by atoms with E-state index >= 15 is 0 Å². The molecule has 2 aromatic carbocycles. The molecule has 1 fully saturated rings. The van der Waals surface area contributed by atoms with Gasteiger partial charge in [-0.05, 0) is 80.1 Å². The van der Waals surface area contributed by atoms with Gasteiger partial charge in [-0.15, -0.1) is 0 Å². The molecule has 2 heterocycles. The van der Waals surface area contributed by atoms with E-state index in [1.54, 1.807) is 13.2 Å². The maximum Gasteiger partial charge on any atom is 0.310 e. The Morgan fingerprint density at radius 1 is 1.07 bits per heavy atom. The van der Waals surface area contributed by atoms with E-state index in [9.17, 15) is 9.90 Å². The maximum atomic E-state index is 12.2. The number of nitrogens with zero attached hydrogens (tertiary/aromatic N) is 4. The van der Waals surface area contributed by atoms with Gasteiger partial charge in [0.05, 0.1) is 5.41 Å². The largest absolute Gasteiger partial charge is 0.481 e. The molecular formula is C33H39ClN4O2. The summed E-state index contributed by atoms with van der Waals surface area (Å²) in [5, 5.41) is 10.8. The van der Waals surface area contributed by atoms with Gasteiger partial charge in [-0.1, -0.05) is 67.9 Å². The molecule has 210 valence electrons. The topological polar surface area (TPSA) is 78.2 Å². The summed E-state index contributed by atoms with van der Waals surface area (Å²) < 4.78 is 0. The van der Waals surface area contributed by atoms with Crippen LogP contribution in [0.25, 0.3) is 0 Å². The van der Waals surface area contributed by atoms with Crippen LogP contribution in [-0.4, -0.2) is 52.6 Å². The van der Waals surface area contributed by atoms with E-state index in [1.807, 2.05) is 31.2 Å². The molecule has 3 aromatic rings. The van der Waals surface area contributed by atoms with Crippen molar-refractivity contribution in [3.05, 3.63) is 99.8 Å². The fraction of sp³-hybridized carbons (Fsp3) is 0.394. The minimum Gasteiger partial charge on any atom is -0.481 e. The van der Waals surface area contributed by atoms with Crippen LogP contribution < -0.4 is 0 Å². The number of carboxylic acid groups (broad SMARTS) is 1. The van der Waals surface area contributed by atoms with Crippen LogP contribution in [0.15, 0.2) is 76.8 Å². The van der Waals surface area contributed by atoms with Crippen LogP contribution in [0.3, 0.4) is 0 Å². The van der Waals surface area contributed by atoms with Crippen molar-refractivity contribution >= 4 is 29.1 Å². The zero-order valence-electron chi connectivity index (χ0n) is 23.9. The molecule has 0 spiro atoms. The lowest BCUT2D eigenvalue weighted by molar-refractivity contribution is -0.152. The quantitative estimate of drug-likeness (QED) is 0.233. The van der Waals surface area contributed by atoms with Crippen molar-refractivity contribution < 1.29 is 9.90 Å². The highest BCUT2D eigenvalue weighted by Gasteiger charge is 2.41. The Labute approximate surface area is 242 Å². The number of aliphatic carboxylic acids is 1. The molecule has 0 radical (unpaired) electrons. The highest BCUT2D eigenvalue weighted by atomic mass is 35.5. The van der Waals surface area contributed by atoms with Crippen LogP contribution in [0.2, 0.25) is 5.02 Å². The second-order valence-corrected chi connectivity index (χ2v) is 11.6. The van der Waals surface area contributed by atoms with Crippen LogP contribution in [0, 0.1) is 11.3 Å². The number of amidine groups is 1. The maximum absolute atomic E-state index is 12.2. The molecule has 6 nitrogen and oxygen atoms in total. The van der Waals surface area contributed by atoms with Crippen LogP contribution in [0.4, 0.5) is 0 Å². The van der Waals surface area contributed by atoms with Gasteiger partial charge in [0.1, 0.15) is 0 Å². The SMILES string of the molecule is CN=C(N=C(C)c1ccc(CC(C)C)c(Cl)c1)c1ccc(CN2CCC(Cc3ccccn3)(C(=O)O)CC2)cc1. The molecule has 1 N–H and O–H groups in total. The van der Waals surface area contributed by atoms with Crippen LogP contribution in [0.5, 0.6) is 0 Å². The van der Waals surface area contributed by atoms with Crippen molar-refractivity contribution in [2.45, 2.75) is 53.0 Å². The van der Waals surface area contributed by atoms with E-state index < -0.39 is 11.4 Å². The fourth-order valence-electron chi connectivity index (χ4n) is 5.32. The number of hydrogen-bond acceptors (Lipinski definition) is 4. The van der Waals surface area contributed by atoms with E-state index in [-0.39, 0.29) is 0 Å².